The average Bonchev–Trinajstić information content (AvgIpc) is 2.42. The molecule has 3 heteroatoms. The Bertz CT molecular complexity index is 523. The zero-order chi connectivity index (χ0) is 13.7. The van der Waals surface area contributed by atoms with Crippen LogP contribution in [0.5, 0.6) is 0 Å². The molecule has 2 aromatic rings. The van der Waals surface area contributed by atoms with Crippen molar-refractivity contribution in [3.05, 3.63) is 59.4 Å². The summed E-state index contributed by atoms with van der Waals surface area (Å²) in [5.74, 6) is 0. The van der Waals surface area contributed by atoms with Crippen molar-refractivity contribution in [1.82, 2.24) is 9.88 Å². The number of benzene rings is 1. The summed E-state index contributed by atoms with van der Waals surface area (Å²) in [4.78, 5) is 6.34. The van der Waals surface area contributed by atoms with E-state index in [1.807, 2.05) is 19.3 Å². The predicted molar refractivity (Wildman–Crippen MR) is 79.9 cm³/mol. The minimum absolute atomic E-state index is 0.875. The van der Waals surface area contributed by atoms with Gasteiger partial charge in [0.25, 0.3) is 0 Å². The number of pyridine rings is 1. The van der Waals surface area contributed by atoms with E-state index < -0.39 is 0 Å². The normalized spacial score (nSPS) is 10.9. The molecule has 1 heterocycles. The first-order valence-corrected chi connectivity index (χ1v) is 6.57. The van der Waals surface area contributed by atoms with Crippen LogP contribution in [0.15, 0.2) is 42.7 Å². The second-order valence-corrected chi connectivity index (χ2v) is 5.03. The quantitative estimate of drug-likeness (QED) is 0.835. The molecule has 1 aromatic carbocycles. The second-order valence-electron chi connectivity index (χ2n) is 5.03. The van der Waals surface area contributed by atoms with Crippen LogP contribution in [-0.2, 0) is 13.0 Å². The van der Waals surface area contributed by atoms with Crippen LogP contribution in [0.1, 0.15) is 16.7 Å². The van der Waals surface area contributed by atoms with E-state index in [9.17, 15) is 0 Å². The molecule has 0 bridgehead atoms. The van der Waals surface area contributed by atoms with Crippen molar-refractivity contribution < 1.29 is 0 Å². The molecule has 1 aromatic heterocycles. The second kappa shape index (κ2) is 6.34. The number of likely N-dealkylation sites (N-methyl/N-ethyl adjacent to an activating group) is 1. The van der Waals surface area contributed by atoms with E-state index in [4.69, 9.17) is 5.73 Å². The van der Waals surface area contributed by atoms with Crippen molar-refractivity contribution in [2.45, 2.75) is 19.9 Å². The summed E-state index contributed by atoms with van der Waals surface area (Å²) in [6, 6.07) is 10.4. The molecule has 0 amide bonds. The number of hydrogen-bond acceptors (Lipinski definition) is 3. The van der Waals surface area contributed by atoms with Gasteiger partial charge in [0.15, 0.2) is 0 Å². The number of anilines is 1. The highest BCUT2D eigenvalue weighted by molar-refractivity contribution is 5.48. The summed E-state index contributed by atoms with van der Waals surface area (Å²) in [7, 11) is 2.14. The fourth-order valence-corrected chi connectivity index (χ4v) is 2.05. The summed E-state index contributed by atoms with van der Waals surface area (Å²) < 4.78 is 0. The van der Waals surface area contributed by atoms with Gasteiger partial charge in [0.1, 0.15) is 0 Å². The Morgan fingerprint density at radius 1 is 1.11 bits per heavy atom. The van der Waals surface area contributed by atoms with Crippen molar-refractivity contribution >= 4 is 5.69 Å². The van der Waals surface area contributed by atoms with E-state index in [0.717, 1.165) is 30.8 Å². The minimum Gasteiger partial charge on any atom is -0.399 e. The third-order valence-electron chi connectivity index (χ3n) is 3.33. The number of nitrogen functional groups attached to an aromatic ring is 1. The monoisotopic (exact) mass is 255 g/mol. The lowest BCUT2D eigenvalue weighted by molar-refractivity contribution is 0.331. The highest BCUT2D eigenvalue weighted by Gasteiger charge is 2.02. The first kappa shape index (κ1) is 13.6. The molecule has 0 fully saturated rings. The van der Waals surface area contributed by atoms with Crippen LogP contribution >= 0.6 is 0 Å². The topological polar surface area (TPSA) is 42.2 Å². The molecule has 0 aliphatic carbocycles. The molecule has 0 saturated carbocycles. The van der Waals surface area contributed by atoms with Gasteiger partial charge < -0.3 is 10.6 Å². The van der Waals surface area contributed by atoms with Gasteiger partial charge in [0.05, 0.1) is 0 Å². The van der Waals surface area contributed by atoms with Crippen LogP contribution in [0.4, 0.5) is 5.69 Å². The molecule has 19 heavy (non-hydrogen) atoms. The summed E-state index contributed by atoms with van der Waals surface area (Å²) in [6.45, 7) is 3.99. The van der Waals surface area contributed by atoms with Gasteiger partial charge in [-0.3, -0.25) is 4.98 Å². The maximum absolute atomic E-state index is 5.94. The summed E-state index contributed by atoms with van der Waals surface area (Å²) in [5, 5.41) is 0. The van der Waals surface area contributed by atoms with Gasteiger partial charge in [-0.15, -0.1) is 0 Å². The molecule has 0 radical (unpaired) electrons. The predicted octanol–water partition coefficient (Wildman–Crippen LogP) is 2.65. The summed E-state index contributed by atoms with van der Waals surface area (Å²) >= 11 is 0. The van der Waals surface area contributed by atoms with Gasteiger partial charge >= 0.3 is 0 Å². The molecule has 3 nitrogen and oxygen atoms in total. The van der Waals surface area contributed by atoms with Gasteiger partial charge in [-0.1, -0.05) is 12.1 Å². The number of nitrogens with two attached hydrogens (primary N) is 1. The van der Waals surface area contributed by atoms with Crippen LogP contribution in [0.25, 0.3) is 0 Å². The lowest BCUT2D eigenvalue weighted by Crippen LogP contribution is -2.20. The third-order valence-corrected chi connectivity index (χ3v) is 3.33. The number of aromatic nitrogens is 1. The first-order chi connectivity index (χ1) is 9.15. The fraction of sp³-hybridized carbons (Fsp3) is 0.312. The molecule has 0 atom stereocenters. The van der Waals surface area contributed by atoms with Crippen LogP contribution < -0.4 is 5.73 Å². The molecule has 0 unspecified atom stereocenters. The number of hydrogen-bond donors (Lipinski definition) is 1. The Morgan fingerprint density at radius 2 is 1.84 bits per heavy atom. The SMILES string of the molecule is Cc1ccc(CN(C)CCc2ccncc2)cc1N. The highest BCUT2D eigenvalue weighted by atomic mass is 15.1. The highest BCUT2D eigenvalue weighted by Crippen LogP contribution is 2.14. The van der Waals surface area contributed by atoms with Gasteiger partial charge in [-0.05, 0) is 55.3 Å². The lowest BCUT2D eigenvalue weighted by atomic mass is 10.1. The van der Waals surface area contributed by atoms with Crippen LogP contribution in [-0.4, -0.2) is 23.5 Å². The maximum atomic E-state index is 5.94. The molecule has 2 N–H and O–H groups in total. The Kier molecular flexibility index (Phi) is 4.53. The Morgan fingerprint density at radius 3 is 2.53 bits per heavy atom. The average molecular weight is 255 g/mol. The van der Waals surface area contributed by atoms with Gasteiger partial charge in [0, 0.05) is 31.2 Å². The molecule has 2 rings (SSSR count). The minimum atomic E-state index is 0.875. The third kappa shape index (κ3) is 4.07. The maximum Gasteiger partial charge on any atom is 0.0346 e. The summed E-state index contributed by atoms with van der Waals surface area (Å²) in [5.41, 5.74) is 10.5. The zero-order valence-corrected chi connectivity index (χ0v) is 11.6. The van der Waals surface area contributed by atoms with Crippen molar-refractivity contribution in [2.75, 3.05) is 19.3 Å². The van der Waals surface area contributed by atoms with E-state index >= 15 is 0 Å². The van der Waals surface area contributed by atoms with Gasteiger partial charge in [-0.25, -0.2) is 0 Å². The zero-order valence-electron chi connectivity index (χ0n) is 11.6. The van der Waals surface area contributed by atoms with Crippen molar-refractivity contribution in [1.29, 1.82) is 0 Å². The molecular weight excluding hydrogens is 234 g/mol. The lowest BCUT2D eigenvalue weighted by Gasteiger charge is -2.17. The molecule has 0 aliphatic heterocycles. The standard InChI is InChI=1S/C16H21N3/c1-13-3-4-15(11-16(13)17)12-19(2)10-7-14-5-8-18-9-6-14/h3-6,8-9,11H,7,10,12,17H2,1-2H3. The molecule has 0 aliphatic rings. The summed E-state index contributed by atoms with van der Waals surface area (Å²) in [6.07, 6.45) is 4.73. The van der Waals surface area contributed by atoms with E-state index in [1.165, 1.54) is 11.1 Å². The van der Waals surface area contributed by atoms with E-state index in [0.29, 0.717) is 0 Å². The van der Waals surface area contributed by atoms with Crippen molar-refractivity contribution in [3.8, 4) is 0 Å². The van der Waals surface area contributed by atoms with E-state index in [2.05, 4.69) is 47.3 Å². The van der Waals surface area contributed by atoms with Crippen LogP contribution in [0.3, 0.4) is 0 Å². The van der Waals surface area contributed by atoms with E-state index in [1.54, 1.807) is 0 Å². The van der Waals surface area contributed by atoms with Gasteiger partial charge in [0.2, 0.25) is 0 Å². The Hall–Kier alpha value is -1.87. The smallest absolute Gasteiger partial charge is 0.0346 e. The number of rotatable bonds is 5. The number of nitrogens with zero attached hydrogens (tertiary/aromatic N) is 2. The molecule has 100 valence electrons. The van der Waals surface area contributed by atoms with Crippen molar-refractivity contribution in [3.63, 3.8) is 0 Å². The Balaban J connectivity index is 1.87. The largest absolute Gasteiger partial charge is 0.399 e. The Labute approximate surface area is 115 Å². The van der Waals surface area contributed by atoms with Gasteiger partial charge in [-0.2, -0.15) is 0 Å². The van der Waals surface area contributed by atoms with Crippen LogP contribution in [0.2, 0.25) is 0 Å². The molecule has 0 saturated heterocycles. The molecule has 0 spiro atoms. The fourth-order valence-electron chi connectivity index (χ4n) is 2.05. The van der Waals surface area contributed by atoms with Crippen molar-refractivity contribution in [2.24, 2.45) is 0 Å². The molecular formula is C16H21N3. The van der Waals surface area contributed by atoms with E-state index in [-0.39, 0.29) is 0 Å². The first-order valence-electron chi connectivity index (χ1n) is 6.57. The van der Waals surface area contributed by atoms with Crippen LogP contribution in [0, 0.1) is 6.92 Å². The number of aryl methyl sites for hydroxylation is 1.